The van der Waals surface area contributed by atoms with Crippen LogP contribution in [0.4, 0.5) is 0 Å². The molecule has 4 nitrogen and oxygen atoms in total. The molecule has 0 saturated heterocycles. The molecule has 1 aliphatic rings. The fraction of sp³-hybridized carbons (Fsp3) is 0.500. The van der Waals surface area contributed by atoms with Crippen LogP contribution in [0.1, 0.15) is 23.4 Å². The van der Waals surface area contributed by atoms with Gasteiger partial charge in [-0.05, 0) is 51.3 Å². The highest BCUT2D eigenvalue weighted by Crippen LogP contribution is 2.28. The summed E-state index contributed by atoms with van der Waals surface area (Å²) in [5, 5.41) is 3.27. The molecule has 1 unspecified atom stereocenters. The molecule has 1 aliphatic carbocycles. The van der Waals surface area contributed by atoms with E-state index in [1.807, 2.05) is 18.8 Å². The summed E-state index contributed by atoms with van der Waals surface area (Å²) in [5.41, 5.74) is 5.56. The summed E-state index contributed by atoms with van der Waals surface area (Å²) in [7, 11) is 2.02. The fourth-order valence-electron chi connectivity index (χ4n) is 2.76. The van der Waals surface area contributed by atoms with Gasteiger partial charge in [0.1, 0.15) is 0 Å². The maximum Gasteiger partial charge on any atom is 0.171 e. The topological polar surface area (TPSA) is 50.7 Å². The Morgan fingerprint density at radius 2 is 2.32 bits per heavy atom. The molecule has 0 bridgehead atoms. The first-order chi connectivity index (χ1) is 9.28. The van der Waals surface area contributed by atoms with Crippen LogP contribution in [0.2, 0.25) is 0 Å². The lowest BCUT2D eigenvalue weighted by molar-refractivity contribution is 0.433. The summed E-state index contributed by atoms with van der Waals surface area (Å²) < 4.78 is 0. The second kappa shape index (κ2) is 5.35. The number of rotatable bonds is 3. The van der Waals surface area contributed by atoms with Gasteiger partial charge in [0.15, 0.2) is 5.82 Å². The first-order valence-corrected chi connectivity index (χ1v) is 7.55. The Morgan fingerprint density at radius 3 is 3.05 bits per heavy atom. The molecule has 100 valence electrons. The van der Waals surface area contributed by atoms with Gasteiger partial charge in [0.25, 0.3) is 0 Å². The molecule has 1 N–H and O–H groups in total. The molecule has 2 heterocycles. The predicted molar refractivity (Wildman–Crippen MR) is 77.3 cm³/mol. The van der Waals surface area contributed by atoms with Crippen molar-refractivity contribution in [3.05, 3.63) is 28.7 Å². The number of hydrogen-bond donors (Lipinski definition) is 1. The fourth-order valence-corrected chi connectivity index (χ4v) is 3.31. The van der Waals surface area contributed by atoms with Crippen molar-refractivity contribution in [2.75, 3.05) is 13.6 Å². The third-order valence-electron chi connectivity index (χ3n) is 3.73. The van der Waals surface area contributed by atoms with E-state index >= 15 is 0 Å². The summed E-state index contributed by atoms with van der Waals surface area (Å²) in [6.45, 7) is 3.18. The second-order valence-electron chi connectivity index (χ2n) is 5.09. The average molecular weight is 274 g/mol. The molecule has 1 atom stereocenters. The minimum absolute atomic E-state index is 0.717. The summed E-state index contributed by atoms with van der Waals surface area (Å²) in [5.74, 6) is 1.56. The Labute approximate surface area is 117 Å². The van der Waals surface area contributed by atoms with E-state index in [1.165, 1.54) is 17.7 Å². The molecule has 0 spiro atoms. The van der Waals surface area contributed by atoms with Crippen LogP contribution in [0, 0.1) is 12.8 Å². The number of aryl methyl sites for hydroxylation is 2. The van der Waals surface area contributed by atoms with Crippen molar-refractivity contribution in [2.24, 2.45) is 5.92 Å². The van der Waals surface area contributed by atoms with Gasteiger partial charge in [0.2, 0.25) is 0 Å². The smallest absolute Gasteiger partial charge is 0.171 e. The molecule has 2 aromatic rings. The molecule has 3 rings (SSSR count). The minimum atomic E-state index is 0.717. The maximum absolute atomic E-state index is 4.75. The maximum atomic E-state index is 4.75. The van der Waals surface area contributed by atoms with Crippen LogP contribution in [0.25, 0.3) is 10.7 Å². The van der Waals surface area contributed by atoms with Gasteiger partial charge in [-0.3, -0.25) is 4.98 Å². The van der Waals surface area contributed by atoms with Crippen LogP contribution in [0.3, 0.4) is 0 Å². The van der Waals surface area contributed by atoms with Gasteiger partial charge in [-0.15, -0.1) is 11.3 Å². The van der Waals surface area contributed by atoms with Gasteiger partial charge in [0.05, 0.1) is 10.4 Å². The Kier molecular flexibility index (Phi) is 3.57. The average Bonchev–Trinajstić information content (AvgIpc) is 2.93. The number of fused-ring (bicyclic) bond motifs is 1. The van der Waals surface area contributed by atoms with Crippen LogP contribution >= 0.6 is 11.3 Å². The molecule has 0 radical (unpaired) electrons. The van der Waals surface area contributed by atoms with Crippen molar-refractivity contribution in [2.45, 2.75) is 26.2 Å². The van der Waals surface area contributed by atoms with E-state index in [-0.39, 0.29) is 0 Å². The second-order valence-corrected chi connectivity index (χ2v) is 5.98. The molecule has 0 amide bonds. The van der Waals surface area contributed by atoms with E-state index < -0.39 is 0 Å². The lowest BCUT2D eigenvalue weighted by atomic mass is 9.86. The van der Waals surface area contributed by atoms with Crippen LogP contribution in [0.15, 0.2) is 11.7 Å². The van der Waals surface area contributed by atoms with Gasteiger partial charge in [0, 0.05) is 17.6 Å². The van der Waals surface area contributed by atoms with Gasteiger partial charge >= 0.3 is 0 Å². The van der Waals surface area contributed by atoms with Gasteiger partial charge in [-0.2, -0.15) is 0 Å². The summed E-state index contributed by atoms with van der Waals surface area (Å²) in [4.78, 5) is 14.6. The Hall–Kier alpha value is -1.33. The third-order valence-corrected chi connectivity index (χ3v) is 4.50. The zero-order chi connectivity index (χ0) is 13.2. The number of thiazole rings is 1. The predicted octanol–water partition coefficient (Wildman–Crippen LogP) is 2.23. The van der Waals surface area contributed by atoms with Gasteiger partial charge < -0.3 is 5.32 Å². The van der Waals surface area contributed by atoms with Crippen molar-refractivity contribution in [3.8, 4) is 10.7 Å². The Balaban J connectivity index is 1.94. The normalized spacial score (nSPS) is 18.3. The molecule has 5 heteroatoms. The molecule has 0 aromatic carbocycles. The number of nitrogens with one attached hydrogen (secondary N) is 1. The molecule has 0 saturated carbocycles. The summed E-state index contributed by atoms with van der Waals surface area (Å²) in [6, 6.07) is 0. The van der Waals surface area contributed by atoms with Crippen molar-refractivity contribution in [3.63, 3.8) is 0 Å². The number of hydrogen-bond acceptors (Lipinski definition) is 5. The van der Waals surface area contributed by atoms with Crippen molar-refractivity contribution in [1.29, 1.82) is 0 Å². The molecule has 19 heavy (non-hydrogen) atoms. The van der Waals surface area contributed by atoms with Crippen molar-refractivity contribution < 1.29 is 0 Å². The van der Waals surface area contributed by atoms with Crippen LogP contribution < -0.4 is 5.32 Å². The van der Waals surface area contributed by atoms with Crippen LogP contribution in [0.5, 0.6) is 0 Å². The van der Waals surface area contributed by atoms with E-state index in [9.17, 15) is 0 Å². The Morgan fingerprint density at radius 1 is 1.42 bits per heavy atom. The van der Waals surface area contributed by atoms with E-state index in [0.717, 1.165) is 35.8 Å². The minimum Gasteiger partial charge on any atom is -0.319 e. The highest BCUT2D eigenvalue weighted by Gasteiger charge is 2.22. The van der Waals surface area contributed by atoms with Crippen molar-refractivity contribution >= 4 is 11.3 Å². The van der Waals surface area contributed by atoms with E-state index in [0.29, 0.717) is 5.92 Å². The molecule has 0 fully saturated rings. The monoisotopic (exact) mass is 274 g/mol. The Bertz CT molecular complexity index is 565. The molecular formula is C14H18N4S. The number of aromatic nitrogens is 3. The third kappa shape index (κ3) is 2.53. The van der Waals surface area contributed by atoms with Crippen molar-refractivity contribution in [1.82, 2.24) is 20.3 Å². The van der Waals surface area contributed by atoms with E-state index in [1.54, 1.807) is 11.3 Å². The largest absolute Gasteiger partial charge is 0.319 e. The molecule has 0 aliphatic heterocycles. The standard InChI is InChI=1S/C14H18N4S/c1-9-11-5-10(6-15-2)3-4-12(11)18-14(17-9)13-7-16-8-19-13/h7-8,10,15H,3-6H2,1-2H3. The zero-order valence-electron chi connectivity index (χ0n) is 11.3. The highest BCUT2D eigenvalue weighted by molar-refractivity contribution is 7.13. The SMILES string of the molecule is CNCC1CCc2nc(-c3cncs3)nc(C)c2C1. The van der Waals surface area contributed by atoms with Crippen LogP contribution in [-0.2, 0) is 12.8 Å². The lowest BCUT2D eigenvalue weighted by Gasteiger charge is -2.25. The van der Waals surface area contributed by atoms with E-state index in [4.69, 9.17) is 4.98 Å². The van der Waals surface area contributed by atoms with Crippen LogP contribution in [-0.4, -0.2) is 28.5 Å². The van der Waals surface area contributed by atoms with Gasteiger partial charge in [-0.25, -0.2) is 9.97 Å². The van der Waals surface area contributed by atoms with E-state index in [2.05, 4.69) is 22.2 Å². The summed E-state index contributed by atoms with van der Waals surface area (Å²) in [6.07, 6.45) is 5.23. The van der Waals surface area contributed by atoms with Gasteiger partial charge in [-0.1, -0.05) is 0 Å². The number of nitrogens with zero attached hydrogens (tertiary/aromatic N) is 3. The lowest BCUT2D eigenvalue weighted by Crippen LogP contribution is -2.26. The quantitative estimate of drug-likeness (QED) is 0.932. The molecule has 2 aromatic heterocycles. The first-order valence-electron chi connectivity index (χ1n) is 6.67. The summed E-state index contributed by atoms with van der Waals surface area (Å²) >= 11 is 1.60. The zero-order valence-corrected chi connectivity index (χ0v) is 12.1. The highest BCUT2D eigenvalue weighted by atomic mass is 32.1. The molecular weight excluding hydrogens is 256 g/mol. The first kappa shape index (κ1) is 12.7.